The zero-order valence-corrected chi connectivity index (χ0v) is 13.7. The number of nitrogens with zero attached hydrogens (tertiary/aromatic N) is 4. The number of rotatable bonds is 7. The van der Waals surface area contributed by atoms with Gasteiger partial charge in [0.05, 0.1) is 12.2 Å². The van der Waals surface area contributed by atoms with Crippen LogP contribution in [0, 0.1) is 10.1 Å². The number of nitrogens with one attached hydrogen (secondary N) is 1. The van der Waals surface area contributed by atoms with Gasteiger partial charge in [-0.25, -0.2) is 4.68 Å². The van der Waals surface area contributed by atoms with Crippen LogP contribution in [0.15, 0.2) is 30.6 Å². The van der Waals surface area contributed by atoms with Gasteiger partial charge in [0.2, 0.25) is 5.75 Å². The summed E-state index contributed by atoms with van der Waals surface area (Å²) in [5.41, 5.74) is 0. The van der Waals surface area contributed by atoms with Gasteiger partial charge in [-0.3, -0.25) is 4.79 Å². The van der Waals surface area contributed by atoms with Gasteiger partial charge in [-0.2, -0.15) is 5.10 Å². The quantitative estimate of drug-likeness (QED) is 0.615. The van der Waals surface area contributed by atoms with Gasteiger partial charge < -0.3 is 20.2 Å². The largest absolute Gasteiger partial charge is 0.473 e. The molecule has 2 rings (SSSR count). The predicted octanol–water partition coefficient (Wildman–Crippen LogP) is 2.56. The van der Waals surface area contributed by atoms with E-state index in [1.165, 1.54) is 25.3 Å². The van der Waals surface area contributed by atoms with Crippen molar-refractivity contribution in [3.8, 4) is 5.75 Å². The highest BCUT2D eigenvalue weighted by molar-refractivity contribution is 5.93. The van der Waals surface area contributed by atoms with Crippen LogP contribution in [-0.4, -0.2) is 31.7 Å². The number of nitro groups is 1. The molecular weight excluding hydrogens is 314 g/mol. The van der Waals surface area contributed by atoms with Crippen molar-refractivity contribution in [2.45, 2.75) is 39.3 Å². The maximum Gasteiger partial charge on any atom is 0.406 e. The predicted molar refractivity (Wildman–Crippen MR) is 86.8 cm³/mol. The van der Waals surface area contributed by atoms with E-state index < -0.39 is 22.8 Å². The Morgan fingerprint density at radius 2 is 2.17 bits per heavy atom. The molecular formula is C15H19N5O4. The van der Waals surface area contributed by atoms with Crippen LogP contribution in [0.3, 0.4) is 0 Å². The summed E-state index contributed by atoms with van der Waals surface area (Å²) in [5.74, 6) is -0.369. The van der Waals surface area contributed by atoms with Crippen LogP contribution >= 0.6 is 0 Å². The molecule has 128 valence electrons. The number of amides is 1. The topological polar surface area (TPSA) is 112 Å². The molecule has 0 radical (unpaired) electrons. The van der Waals surface area contributed by atoms with Crippen molar-refractivity contribution >= 4 is 17.5 Å². The van der Waals surface area contributed by atoms with E-state index in [4.69, 9.17) is 4.74 Å². The Morgan fingerprint density at radius 1 is 1.42 bits per heavy atom. The van der Waals surface area contributed by atoms with E-state index >= 15 is 0 Å². The van der Waals surface area contributed by atoms with E-state index in [2.05, 4.69) is 15.4 Å². The first-order chi connectivity index (χ1) is 11.4. The van der Waals surface area contributed by atoms with Gasteiger partial charge >= 0.3 is 5.82 Å². The maximum absolute atomic E-state index is 12.3. The first-order valence-corrected chi connectivity index (χ1v) is 7.54. The SMILES string of the molecule is CC[C@@H](C)n1nccc1NC(=O)[C@@H](C)Oc1cccnc1[N+](=O)[O-]. The Morgan fingerprint density at radius 3 is 2.83 bits per heavy atom. The van der Waals surface area contributed by atoms with Gasteiger partial charge in [-0.15, -0.1) is 0 Å². The molecule has 2 heterocycles. The summed E-state index contributed by atoms with van der Waals surface area (Å²) < 4.78 is 7.10. The second-order valence-corrected chi connectivity index (χ2v) is 5.25. The van der Waals surface area contributed by atoms with E-state index in [0.717, 1.165) is 6.42 Å². The normalized spacial score (nSPS) is 13.1. The summed E-state index contributed by atoms with van der Waals surface area (Å²) >= 11 is 0. The van der Waals surface area contributed by atoms with Gasteiger partial charge in [-0.05, 0) is 42.3 Å². The number of carbonyl (C=O) groups is 1. The fourth-order valence-corrected chi connectivity index (χ4v) is 2.02. The van der Waals surface area contributed by atoms with Crippen molar-refractivity contribution < 1.29 is 14.5 Å². The van der Waals surface area contributed by atoms with E-state index in [-0.39, 0.29) is 11.8 Å². The van der Waals surface area contributed by atoms with Crippen molar-refractivity contribution in [3.05, 3.63) is 40.7 Å². The third-order valence-electron chi connectivity index (χ3n) is 3.53. The zero-order valence-electron chi connectivity index (χ0n) is 13.7. The molecule has 1 amide bonds. The van der Waals surface area contributed by atoms with Crippen LogP contribution in [0.2, 0.25) is 0 Å². The van der Waals surface area contributed by atoms with Gasteiger partial charge in [0, 0.05) is 6.07 Å². The lowest BCUT2D eigenvalue weighted by Gasteiger charge is -2.17. The number of anilines is 1. The smallest absolute Gasteiger partial charge is 0.406 e. The Balaban J connectivity index is 2.09. The lowest BCUT2D eigenvalue weighted by molar-refractivity contribution is -0.390. The van der Waals surface area contributed by atoms with E-state index in [1.54, 1.807) is 16.9 Å². The molecule has 1 N–H and O–H groups in total. The number of carbonyl (C=O) groups excluding carboxylic acids is 1. The molecule has 9 heteroatoms. The second kappa shape index (κ2) is 7.53. The highest BCUT2D eigenvalue weighted by Gasteiger charge is 2.23. The summed E-state index contributed by atoms with van der Waals surface area (Å²) in [5, 5.41) is 17.8. The van der Waals surface area contributed by atoms with Crippen LogP contribution in [0.1, 0.15) is 33.2 Å². The molecule has 0 saturated heterocycles. The van der Waals surface area contributed by atoms with Crippen molar-refractivity contribution in [2.24, 2.45) is 0 Å². The summed E-state index contributed by atoms with van der Waals surface area (Å²) in [4.78, 5) is 26.2. The lowest BCUT2D eigenvalue weighted by atomic mass is 10.3. The monoisotopic (exact) mass is 333 g/mol. The molecule has 0 fully saturated rings. The molecule has 2 aromatic heterocycles. The lowest BCUT2D eigenvalue weighted by Crippen LogP contribution is -2.31. The molecule has 0 saturated carbocycles. The maximum atomic E-state index is 12.3. The molecule has 0 bridgehead atoms. The Bertz CT molecular complexity index is 730. The third kappa shape index (κ3) is 3.86. The number of pyridine rings is 1. The van der Waals surface area contributed by atoms with Crippen LogP contribution < -0.4 is 10.1 Å². The van der Waals surface area contributed by atoms with Crippen molar-refractivity contribution in [1.82, 2.24) is 14.8 Å². The van der Waals surface area contributed by atoms with E-state index in [9.17, 15) is 14.9 Å². The van der Waals surface area contributed by atoms with Crippen LogP contribution in [0.4, 0.5) is 11.6 Å². The highest BCUT2D eigenvalue weighted by Crippen LogP contribution is 2.24. The minimum atomic E-state index is -0.937. The third-order valence-corrected chi connectivity index (χ3v) is 3.53. The van der Waals surface area contributed by atoms with E-state index in [0.29, 0.717) is 5.82 Å². The van der Waals surface area contributed by atoms with Crippen LogP contribution in [0.5, 0.6) is 5.75 Å². The number of ether oxygens (including phenoxy) is 1. The van der Waals surface area contributed by atoms with Gasteiger partial charge in [-0.1, -0.05) is 6.92 Å². The van der Waals surface area contributed by atoms with Gasteiger partial charge in [0.25, 0.3) is 5.91 Å². The number of hydrogen-bond donors (Lipinski definition) is 1. The summed E-state index contributed by atoms with van der Waals surface area (Å²) in [6.07, 6.45) is 2.81. The molecule has 0 aromatic carbocycles. The van der Waals surface area contributed by atoms with Crippen molar-refractivity contribution in [2.75, 3.05) is 5.32 Å². The van der Waals surface area contributed by atoms with Gasteiger partial charge in [0.1, 0.15) is 12.0 Å². The molecule has 0 aliphatic rings. The van der Waals surface area contributed by atoms with Crippen molar-refractivity contribution in [1.29, 1.82) is 0 Å². The average Bonchev–Trinajstić information content (AvgIpc) is 3.02. The standard InChI is InChI=1S/C15H19N5O4/c1-4-10(2)19-13(7-9-17-19)18-15(21)11(3)24-12-6-5-8-16-14(12)20(22)23/h5-11H,4H2,1-3H3,(H,18,21)/t10-,11-/m1/s1. The molecule has 24 heavy (non-hydrogen) atoms. The molecule has 0 aliphatic carbocycles. The molecule has 0 unspecified atom stereocenters. The molecule has 2 atom stereocenters. The molecule has 0 aliphatic heterocycles. The zero-order chi connectivity index (χ0) is 17.7. The number of hydrogen-bond acceptors (Lipinski definition) is 6. The number of aromatic nitrogens is 3. The second-order valence-electron chi connectivity index (χ2n) is 5.25. The van der Waals surface area contributed by atoms with Gasteiger partial charge in [0.15, 0.2) is 6.10 Å². The van der Waals surface area contributed by atoms with Crippen LogP contribution in [0.25, 0.3) is 0 Å². The minimum absolute atomic E-state index is 0.0550. The highest BCUT2D eigenvalue weighted by atomic mass is 16.6. The Kier molecular flexibility index (Phi) is 5.46. The fraction of sp³-hybridized carbons (Fsp3) is 0.400. The molecule has 2 aromatic rings. The molecule has 0 spiro atoms. The molecule has 9 nitrogen and oxygen atoms in total. The van der Waals surface area contributed by atoms with Crippen LogP contribution in [-0.2, 0) is 4.79 Å². The fourth-order valence-electron chi connectivity index (χ4n) is 2.02. The Labute approximate surface area is 138 Å². The summed E-state index contributed by atoms with van der Waals surface area (Å²) in [6.45, 7) is 5.52. The minimum Gasteiger partial charge on any atom is -0.473 e. The summed E-state index contributed by atoms with van der Waals surface area (Å²) in [6, 6.07) is 4.72. The first-order valence-electron chi connectivity index (χ1n) is 7.54. The first kappa shape index (κ1) is 17.4. The summed E-state index contributed by atoms with van der Waals surface area (Å²) in [7, 11) is 0. The van der Waals surface area contributed by atoms with Crippen molar-refractivity contribution in [3.63, 3.8) is 0 Å². The average molecular weight is 333 g/mol. The Hall–Kier alpha value is -2.97. The van der Waals surface area contributed by atoms with E-state index in [1.807, 2.05) is 13.8 Å².